The molecule has 0 aliphatic rings. The Morgan fingerprint density at radius 1 is 0.963 bits per heavy atom. The maximum Gasteiger partial charge on any atom is 0.291 e. The summed E-state index contributed by atoms with van der Waals surface area (Å²) in [5.41, 5.74) is 2.98. The molecule has 0 N–H and O–H groups in total. The largest absolute Gasteiger partial charge is 0.291 e. The standard InChI is InChI=1S/C22H15N3OS/c1-14-9-11-16(12-10-14)20-23-22-25(24-20)21(26)19(27-22)13-17-7-4-6-15-5-2-3-8-18(15)17/h2-13H,1H3. The summed E-state index contributed by atoms with van der Waals surface area (Å²) in [4.78, 5) is 18.0. The van der Waals surface area contributed by atoms with E-state index in [-0.39, 0.29) is 5.56 Å². The van der Waals surface area contributed by atoms with Crippen molar-refractivity contribution in [3.63, 3.8) is 0 Å². The minimum atomic E-state index is -0.131. The summed E-state index contributed by atoms with van der Waals surface area (Å²) in [5.74, 6) is 0.579. The molecule has 130 valence electrons. The monoisotopic (exact) mass is 369 g/mol. The molecule has 27 heavy (non-hydrogen) atoms. The van der Waals surface area contributed by atoms with E-state index >= 15 is 0 Å². The van der Waals surface area contributed by atoms with Crippen molar-refractivity contribution in [2.24, 2.45) is 0 Å². The number of benzene rings is 3. The second kappa shape index (κ2) is 6.14. The minimum absolute atomic E-state index is 0.131. The summed E-state index contributed by atoms with van der Waals surface area (Å²) in [6.45, 7) is 2.04. The van der Waals surface area contributed by atoms with Crippen molar-refractivity contribution in [2.75, 3.05) is 0 Å². The average Bonchev–Trinajstić information content (AvgIpc) is 3.23. The molecule has 0 radical (unpaired) electrons. The summed E-state index contributed by atoms with van der Waals surface area (Å²) in [6.07, 6.45) is 1.93. The Hall–Kier alpha value is -3.31. The molecule has 2 aromatic heterocycles. The number of nitrogens with zero attached hydrogens (tertiary/aromatic N) is 3. The number of aromatic nitrogens is 3. The minimum Gasteiger partial charge on any atom is -0.266 e. The quantitative estimate of drug-likeness (QED) is 0.475. The van der Waals surface area contributed by atoms with Gasteiger partial charge in [0, 0.05) is 5.56 Å². The highest BCUT2D eigenvalue weighted by Crippen LogP contribution is 2.20. The van der Waals surface area contributed by atoms with Gasteiger partial charge in [-0.15, -0.1) is 5.10 Å². The predicted molar refractivity (Wildman–Crippen MR) is 110 cm³/mol. The van der Waals surface area contributed by atoms with Gasteiger partial charge < -0.3 is 0 Å². The molecule has 0 fully saturated rings. The van der Waals surface area contributed by atoms with Crippen molar-refractivity contribution in [2.45, 2.75) is 6.92 Å². The van der Waals surface area contributed by atoms with Crippen LogP contribution >= 0.6 is 11.3 Å². The van der Waals surface area contributed by atoms with E-state index < -0.39 is 0 Å². The van der Waals surface area contributed by atoms with E-state index in [0.29, 0.717) is 15.3 Å². The van der Waals surface area contributed by atoms with Crippen LogP contribution in [0.5, 0.6) is 0 Å². The molecule has 0 amide bonds. The Balaban J connectivity index is 1.65. The number of aryl methyl sites for hydroxylation is 1. The third-order valence-electron chi connectivity index (χ3n) is 4.60. The first-order chi connectivity index (χ1) is 13.2. The van der Waals surface area contributed by atoms with E-state index in [4.69, 9.17) is 0 Å². The number of fused-ring (bicyclic) bond motifs is 2. The molecule has 0 spiro atoms. The van der Waals surface area contributed by atoms with Crippen LogP contribution in [0.25, 0.3) is 33.2 Å². The van der Waals surface area contributed by atoms with Crippen molar-refractivity contribution in [3.8, 4) is 11.4 Å². The predicted octanol–water partition coefficient (Wildman–Crippen LogP) is 3.83. The highest BCUT2D eigenvalue weighted by Gasteiger charge is 2.12. The molecular formula is C22H15N3OS. The Kier molecular flexibility index (Phi) is 3.62. The average molecular weight is 369 g/mol. The van der Waals surface area contributed by atoms with Gasteiger partial charge in [0.2, 0.25) is 4.96 Å². The van der Waals surface area contributed by atoms with Gasteiger partial charge in [0.05, 0.1) is 4.53 Å². The summed E-state index contributed by atoms with van der Waals surface area (Å²) in [6, 6.07) is 22.2. The zero-order chi connectivity index (χ0) is 18.4. The van der Waals surface area contributed by atoms with Crippen LogP contribution in [0.1, 0.15) is 11.1 Å². The SMILES string of the molecule is Cc1ccc(-c2nc3sc(=Cc4cccc5ccccc45)c(=O)n3n2)cc1. The molecule has 0 saturated heterocycles. The molecule has 5 heteroatoms. The van der Waals surface area contributed by atoms with Gasteiger partial charge in [0.1, 0.15) is 0 Å². The fourth-order valence-corrected chi connectivity index (χ4v) is 4.07. The van der Waals surface area contributed by atoms with Gasteiger partial charge in [-0.1, -0.05) is 83.6 Å². The highest BCUT2D eigenvalue weighted by molar-refractivity contribution is 7.15. The topological polar surface area (TPSA) is 47.3 Å². The van der Waals surface area contributed by atoms with Crippen LogP contribution in [0.2, 0.25) is 0 Å². The van der Waals surface area contributed by atoms with E-state index in [0.717, 1.165) is 21.9 Å². The van der Waals surface area contributed by atoms with Crippen molar-refractivity contribution in [3.05, 3.63) is 92.7 Å². The van der Waals surface area contributed by atoms with Gasteiger partial charge in [-0.05, 0) is 29.3 Å². The third-order valence-corrected chi connectivity index (χ3v) is 5.56. The van der Waals surface area contributed by atoms with Crippen LogP contribution in [0.4, 0.5) is 0 Å². The molecule has 0 atom stereocenters. The molecular weight excluding hydrogens is 354 g/mol. The van der Waals surface area contributed by atoms with Gasteiger partial charge in [-0.2, -0.15) is 9.50 Å². The lowest BCUT2D eigenvalue weighted by molar-refractivity contribution is 0.937. The van der Waals surface area contributed by atoms with E-state index in [1.807, 2.05) is 61.5 Å². The fourth-order valence-electron chi connectivity index (χ4n) is 3.18. The highest BCUT2D eigenvalue weighted by atomic mass is 32.1. The smallest absolute Gasteiger partial charge is 0.266 e. The first-order valence-electron chi connectivity index (χ1n) is 8.65. The summed E-state index contributed by atoms with van der Waals surface area (Å²) >= 11 is 1.37. The molecule has 5 aromatic rings. The Bertz CT molecular complexity index is 1390. The van der Waals surface area contributed by atoms with Crippen molar-refractivity contribution < 1.29 is 0 Å². The first-order valence-corrected chi connectivity index (χ1v) is 9.47. The lowest BCUT2D eigenvalue weighted by Gasteiger charge is -2.00. The van der Waals surface area contributed by atoms with E-state index in [1.165, 1.54) is 21.4 Å². The molecule has 5 rings (SSSR count). The molecule has 0 aliphatic heterocycles. The number of hydrogen-bond acceptors (Lipinski definition) is 4. The van der Waals surface area contributed by atoms with Gasteiger partial charge in [-0.3, -0.25) is 4.79 Å². The zero-order valence-electron chi connectivity index (χ0n) is 14.6. The van der Waals surface area contributed by atoms with Crippen LogP contribution in [0, 0.1) is 6.92 Å². The first kappa shape index (κ1) is 15.9. The van der Waals surface area contributed by atoms with Gasteiger partial charge >= 0.3 is 0 Å². The van der Waals surface area contributed by atoms with Gasteiger partial charge in [0.15, 0.2) is 5.82 Å². The van der Waals surface area contributed by atoms with Crippen LogP contribution < -0.4 is 10.1 Å². The van der Waals surface area contributed by atoms with Crippen LogP contribution in [0.3, 0.4) is 0 Å². The Labute approximate surface area is 159 Å². The number of thiazole rings is 1. The van der Waals surface area contributed by atoms with Crippen LogP contribution in [-0.4, -0.2) is 14.6 Å². The van der Waals surface area contributed by atoms with Crippen molar-refractivity contribution in [1.29, 1.82) is 0 Å². The molecule has 4 nitrogen and oxygen atoms in total. The molecule has 3 aromatic carbocycles. The Morgan fingerprint density at radius 3 is 2.56 bits per heavy atom. The van der Waals surface area contributed by atoms with E-state index in [1.54, 1.807) is 0 Å². The second-order valence-electron chi connectivity index (χ2n) is 6.48. The van der Waals surface area contributed by atoms with Crippen molar-refractivity contribution >= 4 is 33.1 Å². The number of hydrogen-bond donors (Lipinski definition) is 0. The second-order valence-corrected chi connectivity index (χ2v) is 7.49. The summed E-state index contributed by atoms with van der Waals surface area (Å²) < 4.78 is 2.04. The molecule has 0 bridgehead atoms. The van der Waals surface area contributed by atoms with Crippen LogP contribution in [-0.2, 0) is 0 Å². The van der Waals surface area contributed by atoms with Crippen LogP contribution in [0.15, 0.2) is 71.5 Å². The molecule has 0 unspecified atom stereocenters. The van der Waals surface area contributed by atoms with Gasteiger partial charge in [-0.25, -0.2) is 0 Å². The Morgan fingerprint density at radius 2 is 1.74 bits per heavy atom. The lowest BCUT2D eigenvalue weighted by atomic mass is 10.0. The third kappa shape index (κ3) is 2.73. The zero-order valence-corrected chi connectivity index (χ0v) is 15.4. The van der Waals surface area contributed by atoms with Gasteiger partial charge in [0.25, 0.3) is 5.56 Å². The van der Waals surface area contributed by atoms with Crippen molar-refractivity contribution in [1.82, 2.24) is 14.6 Å². The maximum absolute atomic E-state index is 12.8. The van der Waals surface area contributed by atoms with E-state index in [2.05, 4.69) is 28.3 Å². The summed E-state index contributed by atoms with van der Waals surface area (Å²) in [7, 11) is 0. The number of rotatable bonds is 2. The normalized spacial score (nSPS) is 12.3. The molecule has 2 heterocycles. The van der Waals surface area contributed by atoms with E-state index in [9.17, 15) is 4.79 Å². The summed E-state index contributed by atoms with van der Waals surface area (Å²) in [5, 5.41) is 6.70. The maximum atomic E-state index is 12.8. The lowest BCUT2D eigenvalue weighted by Crippen LogP contribution is -2.23. The molecule has 0 saturated carbocycles. The fraction of sp³-hybridized carbons (Fsp3) is 0.0455. The molecule has 0 aliphatic carbocycles.